The number of ether oxygens (including phenoxy) is 1. The van der Waals surface area contributed by atoms with E-state index in [1.165, 1.54) is 12.3 Å². The molecule has 0 atom stereocenters. The van der Waals surface area contributed by atoms with E-state index >= 15 is 0 Å². The van der Waals surface area contributed by atoms with Crippen LogP contribution in [0.5, 0.6) is 5.75 Å². The third kappa shape index (κ3) is 2.46. The van der Waals surface area contributed by atoms with Gasteiger partial charge in [-0.15, -0.1) is 0 Å². The van der Waals surface area contributed by atoms with Crippen molar-refractivity contribution < 1.29 is 9.13 Å². The van der Waals surface area contributed by atoms with Crippen molar-refractivity contribution >= 4 is 0 Å². The summed E-state index contributed by atoms with van der Waals surface area (Å²) >= 11 is 0. The quantitative estimate of drug-likeness (QED) is 0.746. The molecular formula is C12H16FNO. The number of hydrogen-bond donors (Lipinski definition) is 0. The molecule has 1 aromatic rings. The molecule has 0 N–H and O–H groups in total. The van der Waals surface area contributed by atoms with E-state index in [9.17, 15) is 4.39 Å². The zero-order valence-electron chi connectivity index (χ0n) is 9.38. The highest BCUT2D eigenvalue weighted by molar-refractivity contribution is 5.33. The topological polar surface area (TPSA) is 22.1 Å². The van der Waals surface area contributed by atoms with Crippen LogP contribution in [0.1, 0.15) is 39.3 Å². The maximum Gasteiger partial charge on any atom is 0.145 e. The van der Waals surface area contributed by atoms with Crippen molar-refractivity contribution in [2.45, 2.75) is 45.1 Å². The van der Waals surface area contributed by atoms with Gasteiger partial charge in [-0.05, 0) is 12.8 Å². The summed E-state index contributed by atoms with van der Waals surface area (Å²) in [4.78, 5) is 4.13. The summed E-state index contributed by atoms with van der Waals surface area (Å²) in [5, 5.41) is 0. The van der Waals surface area contributed by atoms with Crippen LogP contribution in [0.2, 0.25) is 0 Å². The molecule has 3 heteroatoms. The van der Waals surface area contributed by atoms with Crippen LogP contribution >= 0.6 is 0 Å². The van der Waals surface area contributed by atoms with Crippen LogP contribution in [-0.2, 0) is 5.41 Å². The summed E-state index contributed by atoms with van der Waals surface area (Å²) < 4.78 is 18.7. The summed E-state index contributed by atoms with van der Waals surface area (Å²) in [7, 11) is 0. The van der Waals surface area contributed by atoms with Gasteiger partial charge in [0.05, 0.1) is 18.0 Å². The predicted molar refractivity (Wildman–Crippen MR) is 56.5 cm³/mol. The van der Waals surface area contributed by atoms with Gasteiger partial charge in [0.1, 0.15) is 11.6 Å². The number of nitrogens with zero attached hydrogens (tertiary/aromatic N) is 1. The first-order valence-electron chi connectivity index (χ1n) is 5.29. The molecule has 1 saturated carbocycles. The molecular weight excluding hydrogens is 193 g/mol. The minimum atomic E-state index is -0.335. The fourth-order valence-electron chi connectivity index (χ4n) is 1.44. The zero-order chi connectivity index (χ0) is 11.1. The first kappa shape index (κ1) is 10.4. The van der Waals surface area contributed by atoms with Gasteiger partial charge < -0.3 is 4.74 Å². The Labute approximate surface area is 89.5 Å². The molecule has 0 aromatic carbocycles. The lowest BCUT2D eigenvalue weighted by atomic mass is 9.91. The third-order valence-electron chi connectivity index (χ3n) is 2.35. The van der Waals surface area contributed by atoms with Crippen molar-refractivity contribution in [2.24, 2.45) is 0 Å². The van der Waals surface area contributed by atoms with E-state index in [2.05, 4.69) is 4.98 Å². The van der Waals surface area contributed by atoms with E-state index < -0.39 is 0 Å². The fraction of sp³-hybridized carbons (Fsp3) is 0.583. The summed E-state index contributed by atoms with van der Waals surface area (Å²) in [6.45, 7) is 6.15. The van der Waals surface area contributed by atoms with Gasteiger partial charge in [-0.2, -0.15) is 0 Å². The van der Waals surface area contributed by atoms with Crippen LogP contribution in [-0.4, -0.2) is 11.1 Å². The molecule has 1 aromatic heterocycles. The molecule has 1 aliphatic carbocycles. The second kappa shape index (κ2) is 3.47. The van der Waals surface area contributed by atoms with Gasteiger partial charge in [-0.25, -0.2) is 4.39 Å². The fourth-order valence-corrected chi connectivity index (χ4v) is 1.44. The van der Waals surface area contributed by atoms with Gasteiger partial charge in [0.25, 0.3) is 0 Å². The van der Waals surface area contributed by atoms with E-state index in [1.807, 2.05) is 20.8 Å². The largest absolute Gasteiger partial charge is 0.488 e. The molecule has 1 heterocycles. The molecule has 0 saturated heterocycles. The second-order valence-corrected chi connectivity index (χ2v) is 5.07. The van der Waals surface area contributed by atoms with Crippen molar-refractivity contribution in [3.8, 4) is 5.75 Å². The molecule has 82 valence electrons. The van der Waals surface area contributed by atoms with Gasteiger partial charge in [0.2, 0.25) is 0 Å². The summed E-state index contributed by atoms with van der Waals surface area (Å²) in [5.41, 5.74) is 0.716. The van der Waals surface area contributed by atoms with Crippen LogP contribution in [0, 0.1) is 5.82 Å². The first-order chi connectivity index (χ1) is 6.97. The van der Waals surface area contributed by atoms with E-state index in [0.717, 1.165) is 18.5 Å². The molecule has 2 rings (SSSR count). The van der Waals surface area contributed by atoms with E-state index in [-0.39, 0.29) is 17.3 Å². The molecule has 0 bridgehead atoms. The maximum absolute atomic E-state index is 13.1. The van der Waals surface area contributed by atoms with Crippen molar-refractivity contribution in [2.75, 3.05) is 0 Å². The van der Waals surface area contributed by atoms with Crippen LogP contribution in [0.3, 0.4) is 0 Å². The molecule has 15 heavy (non-hydrogen) atoms. The maximum atomic E-state index is 13.1. The van der Waals surface area contributed by atoms with Crippen LogP contribution in [0.4, 0.5) is 4.39 Å². The predicted octanol–water partition coefficient (Wildman–Crippen LogP) is 3.06. The molecule has 0 radical (unpaired) electrons. The van der Waals surface area contributed by atoms with Crippen LogP contribution in [0.15, 0.2) is 12.3 Å². The first-order valence-corrected chi connectivity index (χ1v) is 5.29. The minimum Gasteiger partial charge on any atom is -0.488 e. The van der Waals surface area contributed by atoms with Crippen LogP contribution < -0.4 is 4.74 Å². The Bertz CT molecular complexity index is 366. The van der Waals surface area contributed by atoms with Gasteiger partial charge >= 0.3 is 0 Å². The SMILES string of the molecule is CC(C)(C)c1ncc(F)cc1OC1CC1. The lowest BCUT2D eigenvalue weighted by Gasteiger charge is -2.21. The Balaban J connectivity index is 2.34. The van der Waals surface area contributed by atoms with E-state index in [1.54, 1.807) is 0 Å². The standard InChI is InChI=1S/C12H16FNO/c1-12(2,3)11-10(15-9-4-5-9)6-8(13)7-14-11/h6-7,9H,4-5H2,1-3H3. The summed E-state index contributed by atoms with van der Waals surface area (Å²) in [6, 6.07) is 1.44. The summed E-state index contributed by atoms with van der Waals surface area (Å²) in [6.07, 6.45) is 3.66. The number of hydrogen-bond acceptors (Lipinski definition) is 2. The van der Waals surface area contributed by atoms with Crippen LogP contribution in [0.25, 0.3) is 0 Å². The monoisotopic (exact) mass is 209 g/mol. The smallest absolute Gasteiger partial charge is 0.145 e. The average Bonchev–Trinajstić information content (AvgIpc) is 2.85. The number of aromatic nitrogens is 1. The normalized spacial score (nSPS) is 16.5. The highest BCUT2D eigenvalue weighted by Crippen LogP contribution is 2.34. The highest BCUT2D eigenvalue weighted by Gasteiger charge is 2.28. The van der Waals surface area contributed by atoms with E-state index in [4.69, 9.17) is 4.74 Å². The number of pyridine rings is 1. The zero-order valence-corrected chi connectivity index (χ0v) is 9.38. The average molecular weight is 209 g/mol. The van der Waals surface area contributed by atoms with Crippen molar-refractivity contribution in [3.63, 3.8) is 0 Å². The molecule has 0 unspecified atom stereocenters. The lowest BCUT2D eigenvalue weighted by Crippen LogP contribution is -2.16. The van der Waals surface area contributed by atoms with Gasteiger partial charge in [0, 0.05) is 11.5 Å². The van der Waals surface area contributed by atoms with Gasteiger partial charge in [-0.1, -0.05) is 20.8 Å². The Kier molecular flexibility index (Phi) is 2.41. The van der Waals surface area contributed by atoms with Gasteiger partial charge in [0.15, 0.2) is 0 Å². The number of halogens is 1. The third-order valence-corrected chi connectivity index (χ3v) is 2.35. The minimum absolute atomic E-state index is 0.113. The molecule has 0 aliphatic heterocycles. The van der Waals surface area contributed by atoms with E-state index in [0.29, 0.717) is 5.75 Å². The van der Waals surface area contributed by atoms with Gasteiger partial charge in [-0.3, -0.25) is 4.98 Å². The Morgan fingerprint density at radius 2 is 2.07 bits per heavy atom. The Morgan fingerprint density at radius 1 is 1.40 bits per heavy atom. The lowest BCUT2D eigenvalue weighted by molar-refractivity contribution is 0.290. The molecule has 1 fully saturated rings. The Hall–Kier alpha value is -1.12. The second-order valence-electron chi connectivity index (χ2n) is 5.07. The summed E-state index contributed by atoms with van der Waals surface area (Å²) in [5.74, 6) is 0.267. The molecule has 2 nitrogen and oxygen atoms in total. The highest BCUT2D eigenvalue weighted by atomic mass is 19.1. The van der Waals surface area contributed by atoms with Crippen molar-refractivity contribution in [1.82, 2.24) is 4.98 Å². The van der Waals surface area contributed by atoms with Crippen molar-refractivity contribution in [3.05, 3.63) is 23.8 Å². The Morgan fingerprint density at radius 3 is 2.60 bits per heavy atom. The number of rotatable bonds is 2. The van der Waals surface area contributed by atoms with Crippen molar-refractivity contribution in [1.29, 1.82) is 0 Å². The molecule has 0 spiro atoms. The molecule has 0 amide bonds. The molecule has 1 aliphatic rings.